The van der Waals surface area contributed by atoms with Crippen LogP contribution < -0.4 is 20.4 Å². The molecule has 2 aliphatic rings. The second kappa shape index (κ2) is 10.8. The molecule has 0 saturated carbocycles. The van der Waals surface area contributed by atoms with Crippen LogP contribution in [0.1, 0.15) is 18.5 Å². The maximum absolute atomic E-state index is 13.2. The first kappa shape index (κ1) is 23.3. The topological polar surface area (TPSA) is 76.0 Å². The van der Waals surface area contributed by atoms with Gasteiger partial charge < -0.3 is 24.3 Å². The number of nitrogens with zero attached hydrogens (tertiary/aromatic N) is 3. The molecule has 0 bridgehead atoms. The number of rotatable bonds is 8. The fourth-order valence-corrected chi connectivity index (χ4v) is 4.32. The van der Waals surface area contributed by atoms with Crippen molar-refractivity contribution in [3.05, 3.63) is 58.3 Å². The number of halogens is 1. The Bertz CT molecular complexity index is 997. The summed E-state index contributed by atoms with van der Waals surface area (Å²) in [6.45, 7) is 5.09. The number of nitrogens with one attached hydrogen (secondary N) is 1. The molecule has 2 saturated heterocycles. The third kappa shape index (κ3) is 6.11. The molecule has 33 heavy (non-hydrogen) atoms. The third-order valence-corrected chi connectivity index (χ3v) is 6.22. The molecule has 0 aliphatic carbocycles. The molecule has 8 nitrogen and oxygen atoms in total. The summed E-state index contributed by atoms with van der Waals surface area (Å²) in [5.41, 5.74) is 1.57. The van der Waals surface area contributed by atoms with Gasteiger partial charge in [-0.2, -0.15) is 0 Å². The molecule has 0 unspecified atom stereocenters. The van der Waals surface area contributed by atoms with Gasteiger partial charge in [0.05, 0.1) is 19.4 Å². The highest BCUT2D eigenvalue weighted by molar-refractivity contribution is 5.75. The Labute approximate surface area is 192 Å². The van der Waals surface area contributed by atoms with Crippen LogP contribution in [0.5, 0.6) is 5.75 Å². The number of hydrogen-bond acceptors (Lipinski definition) is 6. The molecular weight excluding hydrogens is 427 g/mol. The van der Waals surface area contributed by atoms with Gasteiger partial charge in [-0.15, -0.1) is 0 Å². The molecule has 0 spiro atoms. The van der Waals surface area contributed by atoms with Crippen molar-refractivity contribution in [3.8, 4) is 5.75 Å². The van der Waals surface area contributed by atoms with E-state index in [1.165, 1.54) is 19.2 Å². The monoisotopic (exact) mass is 458 g/mol. The molecule has 9 heteroatoms. The Kier molecular flexibility index (Phi) is 7.61. The summed E-state index contributed by atoms with van der Waals surface area (Å²) >= 11 is 0. The van der Waals surface area contributed by atoms with Crippen molar-refractivity contribution in [1.29, 1.82) is 0 Å². The van der Waals surface area contributed by atoms with Gasteiger partial charge in [-0.1, -0.05) is 0 Å². The van der Waals surface area contributed by atoms with Crippen molar-refractivity contribution in [2.75, 3.05) is 51.3 Å². The zero-order valence-electron chi connectivity index (χ0n) is 19.0. The van der Waals surface area contributed by atoms with Gasteiger partial charge in [0.2, 0.25) is 11.3 Å². The van der Waals surface area contributed by atoms with Crippen molar-refractivity contribution < 1.29 is 18.7 Å². The summed E-state index contributed by atoms with van der Waals surface area (Å²) in [7, 11) is 1.45. The smallest absolute Gasteiger partial charge is 0.240 e. The summed E-state index contributed by atoms with van der Waals surface area (Å²) in [5.74, 6) is -0.153. The maximum atomic E-state index is 13.2. The standard InChI is InChI=1S/C24H31FN4O4/c1-32-23-16-29(17-24(31)26-14-21-3-2-12-33-21)20(13-22(23)30)15-27-8-10-28(11-9-27)19-6-4-18(25)5-7-19/h4-7,13,16,21H,2-3,8-12,14-15,17H2,1H3,(H,26,31)/t21-/m1/s1. The van der Waals surface area contributed by atoms with Crippen LogP contribution in [-0.2, 0) is 22.6 Å². The molecule has 178 valence electrons. The predicted octanol–water partition coefficient (Wildman–Crippen LogP) is 1.61. The quantitative estimate of drug-likeness (QED) is 0.648. The largest absolute Gasteiger partial charge is 0.491 e. The van der Waals surface area contributed by atoms with Gasteiger partial charge in [0.15, 0.2) is 5.75 Å². The Hall–Kier alpha value is -2.91. The van der Waals surface area contributed by atoms with E-state index >= 15 is 0 Å². The number of amides is 1. The van der Waals surface area contributed by atoms with Gasteiger partial charge >= 0.3 is 0 Å². The first-order chi connectivity index (χ1) is 16.0. The van der Waals surface area contributed by atoms with Crippen molar-refractivity contribution >= 4 is 11.6 Å². The van der Waals surface area contributed by atoms with Crippen LogP contribution in [0.3, 0.4) is 0 Å². The molecule has 1 atom stereocenters. The highest BCUT2D eigenvalue weighted by atomic mass is 19.1. The molecular formula is C24H31FN4O4. The van der Waals surface area contributed by atoms with E-state index in [-0.39, 0.29) is 35.6 Å². The molecule has 1 N–H and O–H groups in total. The normalized spacial score (nSPS) is 19.0. The van der Waals surface area contributed by atoms with Crippen molar-refractivity contribution in [3.63, 3.8) is 0 Å². The van der Waals surface area contributed by atoms with E-state index in [1.54, 1.807) is 29.0 Å². The number of hydrogen-bond donors (Lipinski definition) is 1. The van der Waals surface area contributed by atoms with Crippen LogP contribution in [0.2, 0.25) is 0 Å². The second-order valence-electron chi connectivity index (χ2n) is 8.50. The minimum Gasteiger partial charge on any atom is -0.491 e. The van der Waals surface area contributed by atoms with Gasteiger partial charge in [-0.05, 0) is 37.1 Å². The highest BCUT2D eigenvalue weighted by Crippen LogP contribution is 2.18. The van der Waals surface area contributed by atoms with Gasteiger partial charge in [0, 0.05) is 63.3 Å². The number of aromatic nitrogens is 1. The number of anilines is 1. The van der Waals surface area contributed by atoms with E-state index in [0.717, 1.165) is 57.0 Å². The summed E-state index contributed by atoms with van der Waals surface area (Å²) < 4.78 is 25.7. The van der Waals surface area contributed by atoms with E-state index in [2.05, 4.69) is 15.1 Å². The second-order valence-corrected chi connectivity index (χ2v) is 8.50. The van der Waals surface area contributed by atoms with E-state index in [0.29, 0.717) is 13.1 Å². The molecule has 2 fully saturated rings. The molecule has 1 amide bonds. The van der Waals surface area contributed by atoms with Crippen LogP contribution >= 0.6 is 0 Å². The minimum absolute atomic E-state index is 0.0781. The molecule has 0 radical (unpaired) electrons. The average Bonchev–Trinajstić information content (AvgIpc) is 3.34. The molecule has 2 aliphatic heterocycles. The van der Waals surface area contributed by atoms with E-state index < -0.39 is 0 Å². The van der Waals surface area contributed by atoms with Crippen molar-refractivity contribution in [2.24, 2.45) is 0 Å². The Morgan fingerprint density at radius 3 is 2.64 bits per heavy atom. The van der Waals surface area contributed by atoms with Gasteiger partial charge in [-0.25, -0.2) is 4.39 Å². The fraction of sp³-hybridized carbons (Fsp3) is 0.500. The SMILES string of the molecule is COc1cn(CC(=O)NC[C@H]2CCCO2)c(CN2CCN(c3ccc(F)cc3)CC2)cc1=O. The van der Waals surface area contributed by atoms with Crippen LogP contribution in [0.25, 0.3) is 0 Å². The van der Waals surface area contributed by atoms with E-state index in [9.17, 15) is 14.0 Å². The number of carbonyl (C=O) groups is 1. The van der Waals surface area contributed by atoms with E-state index in [4.69, 9.17) is 9.47 Å². The Morgan fingerprint density at radius 2 is 1.97 bits per heavy atom. The molecule has 4 rings (SSSR count). The van der Waals surface area contributed by atoms with E-state index in [1.807, 2.05) is 0 Å². The number of benzene rings is 1. The van der Waals surface area contributed by atoms with Crippen LogP contribution in [0.15, 0.2) is 41.3 Å². The third-order valence-electron chi connectivity index (χ3n) is 6.22. The lowest BCUT2D eigenvalue weighted by Gasteiger charge is -2.36. The summed E-state index contributed by atoms with van der Waals surface area (Å²) in [6, 6.07) is 8.09. The average molecular weight is 459 g/mol. The number of piperazine rings is 1. The number of ether oxygens (including phenoxy) is 2. The molecule has 1 aromatic carbocycles. The number of pyridine rings is 1. The van der Waals surface area contributed by atoms with Crippen molar-refractivity contribution in [2.45, 2.75) is 32.0 Å². The summed E-state index contributed by atoms with van der Waals surface area (Å²) in [5, 5.41) is 2.93. The lowest BCUT2D eigenvalue weighted by atomic mass is 10.2. The summed E-state index contributed by atoms with van der Waals surface area (Å²) in [4.78, 5) is 29.4. The summed E-state index contributed by atoms with van der Waals surface area (Å²) in [6.07, 6.45) is 3.67. The number of methoxy groups -OCH3 is 1. The Morgan fingerprint density at radius 1 is 1.21 bits per heavy atom. The Balaban J connectivity index is 1.39. The van der Waals surface area contributed by atoms with Gasteiger partial charge in [-0.3, -0.25) is 14.5 Å². The number of carbonyl (C=O) groups excluding carboxylic acids is 1. The first-order valence-corrected chi connectivity index (χ1v) is 11.4. The first-order valence-electron chi connectivity index (χ1n) is 11.4. The van der Waals surface area contributed by atoms with Crippen LogP contribution in [0, 0.1) is 5.82 Å². The predicted molar refractivity (Wildman–Crippen MR) is 123 cm³/mol. The zero-order valence-corrected chi connectivity index (χ0v) is 19.0. The highest BCUT2D eigenvalue weighted by Gasteiger charge is 2.20. The van der Waals surface area contributed by atoms with Gasteiger partial charge in [0.1, 0.15) is 12.4 Å². The molecule has 1 aromatic heterocycles. The molecule has 3 heterocycles. The van der Waals surface area contributed by atoms with Gasteiger partial charge in [0.25, 0.3) is 0 Å². The molecule has 2 aromatic rings. The fourth-order valence-electron chi connectivity index (χ4n) is 4.32. The van der Waals surface area contributed by atoms with Crippen LogP contribution in [0.4, 0.5) is 10.1 Å². The van der Waals surface area contributed by atoms with Crippen LogP contribution in [-0.4, -0.2) is 67.9 Å². The maximum Gasteiger partial charge on any atom is 0.240 e. The van der Waals surface area contributed by atoms with Crippen molar-refractivity contribution in [1.82, 2.24) is 14.8 Å². The zero-order chi connectivity index (χ0) is 23.2. The minimum atomic E-state index is -0.241. The lowest BCUT2D eigenvalue weighted by molar-refractivity contribution is -0.122. The lowest BCUT2D eigenvalue weighted by Crippen LogP contribution is -2.46.